The Morgan fingerprint density at radius 1 is 1.00 bits per heavy atom. The van der Waals surface area contributed by atoms with Crippen molar-refractivity contribution in [2.45, 2.75) is 37.1 Å². The Balaban J connectivity index is 1.85. The molecule has 2 heteroatoms. The quantitative estimate of drug-likeness (QED) is 0.881. The van der Waals surface area contributed by atoms with E-state index in [1.165, 1.54) is 30.4 Å². The standard InChI is InChI=1S/C18H20BrN/c19-16-10-5-4-7-14(16)13-17(20)18(11-6-12-18)15-8-2-1-3-9-15/h1-5,7-10,17H,6,11-13,20H2. The minimum atomic E-state index is 0.177. The van der Waals surface area contributed by atoms with Crippen LogP contribution in [0.1, 0.15) is 30.4 Å². The summed E-state index contributed by atoms with van der Waals surface area (Å²) in [7, 11) is 0. The summed E-state index contributed by atoms with van der Waals surface area (Å²) in [5.74, 6) is 0. The Morgan fingerprint density at radius 2 is 1.65 bits per heavy atom. The first-order valence-electron chi connectivity index (χ1n) is 7.27. The molecule has 1 aliphatic carbocycles. The van der Waals surface area contributed by atoms with Gasteiger partial charge in [-0.25, -0.2) is 0 Å². The Morgan fingerprint density at radius 3 is 2.25 bits per heavy atom. The second-order valence-corrected chi connectivity index (χ2v) is 6.63. The first kappa shape index (κ1) is 13.8. The lowest BCUT2D eigenvalue weighted by molar-refractivity contribution is 0.194. The normalized spacial score (nSPS) is 18.3. The van der Waals surface area contributed by atoms with E-state index in [0.29, 0.717) is 0 Å². The molecule has 1 unspecified atom stereocenters. The van der Waals surface area contributed by atoms with Crippen LogP contribution in [-0.4, -0.2) is 6.04 Å². The van der Waals surface area contributed by atoms with E-state index in [2.05, 4.69) is 70.5 Å². The minimum absolute atomic E-state index is 0.177. The van der Waals surface area contributed by atoms with Crippen LogP contribution in [0.3, 0.4) is 0 Å². The number of rotatable bonds is 4. The maximum Gasteiger partial charge on any atom is 0.0207 e. The summed E-state index contributed by atoms with van der Waals surface area (Å²) < 4.78 is 1.16. The van der Waals surface area contributed by atoms with Crippen LogP contribution in [0.25, 0.3) is 0 Å². The molecule has 2 aromatic carbocycles. The van der Waals surface area contributed by atoms with Crippen molar-refractivity contribution in [3.05, 3.63) is 70.2 Å². The second-order valence-electron chi connectivity index (χ2n) is 5.78. The van der Waals surface area contributed by atoms with Crippen molar-refractivity contribution < 1.29 is 0 Å². The van der Waals surface area contributed by atoms with Crippen molar-refractivity contribution >= 4 is 15.9 Å². The van der Waals surface area contributed by atoms with E-state index in [4.69, 9.17) is 5.73 Å². The molecule has 1 nitrogen and oxygen atoms in total. The van der Waals surface area contributed by atoms with Gasteiger partial charge in [0.2, 0.25) is 0 Å². The van der Waals surface area contributed by atoms with Crippen molar-refractivity contribution in [2.24, 2.45) is 5.73 Å². The molecule has 1 aliphatic rings. The Bertz CT molecular complexity index is 575. The van der Waals surface area contributed by atoms with Gasteiger partial charge in [-0.15, -0.1) is 0 Å². The molecule has 104 valence electrons. The zero-order chi connectivity index (χ0) is 14.0. The van der Waals surface area contributed by atoms with Crippen LogP contribution in [0.5, 0.6) is 0 Å². The summed E-state index contributed by atoms with van der Waals surface area (Å²) in [5.41, 5.74) is 9.52. The third-order valence-electron chi connectivity index (χ3n) is 4.70. The first-order valence-corrected chi connectivity index (χ1v) is 8.06. The van der Waals surface area contributed by atoms with Gasteiger partial charge in [-0.2, -0.15) is 0 Å². The monoisotopic (exact) mass is 329 g/mol. The lowest BCUT2D eigenvalue weighted by Crippen LogP contribution is -2.51. The summed E-state index contributed by atoms with van der Waals surface area (Å²) in [6.07, 6.45) is 4.64. The lowest BCUT2D eigenvalue weighted by Gasteiger charge is -2.47. The van der Waals surface area contributed by atoms with Gasteiger partial charge in [-0.3, -0.25) is 0 Å². The predicted molar refractivity (Wildman–Crippen MR) is 87.8 cm³/mol. The van der Waals surface area contributed by atoms with Crippen LogP contribution < -0.4 is 5.73 Å². The topological polar surface area (TPSA) is 26.0 Å². The molecule has 1 atom stereocenters. The van der Waals surface area contributed by atoms with E-state index in [9.17, 15) is 0 Å². The minimum Gasteiger partial charge on any atom is -0.327 e. The van der Waals surface area contributed by atoms with Crippen LogP contribution in [-0.2, 0) is 11.8 Å². The Labute approximate surface area is 129 Å². The van der Waals surface area contributed by atoms with Gasteiger partial charge in [0, 0.05) is 15.9 Å². The van der Waals surface area contributed by atoms with Crippen LogP contribution in [0.2, 0.25) is 0 Å². The number of nitrogens with two attached hydrogens (primary N) is 1. The second kappa shape index (κ2) is 5.71. The lowest BCUT2D eigenvalue weighted by atomic mass is 9.59. The fourth-order valence-electron chi connectivity index (χ4n) is 3.30. The number of halogens is 1. The summed E-state index contributed by atoms with van der Waals surface area (Å²) in [6.45, 7) is 0. The van der Waals surface area contributed by atoms with Gasteiger partial charge >= 0.3 is 0 Å². The maximum absolute atomic E-state index is 6.63. The smallest absolute Gasteiger partial charge is 0.0207 e. The zero-order valence-corrected chi connectivity index (χ0v) is 13.1. The van der Waals surface area contributed by atoms with Gasteiger partial charge in [0.05, 0.1) is 0 Å². The third kappa shape index (κ3) is 2.43. The Hall–Kier alpha value is -1.12. The maximum atomic E-state index is 6.63. The molecule has 2 aromatic rings. The average Bonchev–Trinajstić information content (AvgIpc) is 2.41. The summed E-state index contributed by atoms with van der Waals surface area (Å²) in [5, 5.41) is 0. The van der Waals surface area contributed by atoms with E-state index in [0.717, 1.165) is 10.9 Å². The molecule has 0 aromatic heterocycles. The van der Waals surface area contributed by atoms with E-state index in [1.807, 2.05) is 0 Å². The third-order valence-corrected chi connectivity index (χ3v) is 5.48. The molecule has 0 saturated heterocycles. The molecule has 0 aliphatic heterocycles. The molecular weight excluding hydrogens is 310 g/mol. The highest BCUT2D eigenvalue weighted by molar-refractivity contribution is 9.10. The van der Waals surface area contributed by atoms with Gasteiger partial charge in [0.1, 0.15) is 0 Å². The summed E-state index contributed by atoms with van der Waals surface area (Å²) in [6, 6.07) is 19.4. The van der Waals surface area contributed by atoms with Crippen molar-refractivity contribution in [1.82, 2.24) is 0 Å². The van der Waals surface area contributed by atoms with Crippen molar-refractivity contribution in [2.75, 3.05) is 0 Å². The SMILES string of the molecule is NC(Cc1ccccc1Br)C1(c2ccccc2)CCC1. The number of hydrogen-bond acceptors (Lipinski definition) is 1. The van der Waals surface area contributed by atoms with E-state index in [-0.39, 0.29) is 11.5 Å². The Kier molecular flexibility index (Phi) is 3.95. The van der Waals surface area contributed by atoms with E-state index in [1.54, 1.807) is 0 Å². The highest BCUT2D eigenvalue weighted by atomic mass is 79.9. The summed E-state index contributed by atoms with van der Waals surface area (Å²) in [4.78, 5) is 0. The van der Waals surface area contributed by atoms with Crippen molar-refractivity contribution in [3.63, 3.8) is 0 Å². The van der Waals surface area contributed by atoms with Gasteiger partial charge in [0.15, 0.2) is 0 Å². The van der Waals surface area contributed by atoms with E-state index >= 15 is 0 Å². The van der Waals surface area contributed by atoms with Gasteiger partial charge in [0.25, 0.3) is 0 Å². The van der Waals surface area contributed by atoms with Crippen LogP contribution in [0, 0.1) is 0 Å². The highest BCUT2D eigenvalue weighted by Crippen LogP contribution is 2.46. The van der Waals surface area contributed by atoms with Crippen LogP contribution in [0.15, 0.2) is 59.1 Å². The zero-order valence-electron chi connectivity index (χ0n) is 11.6. The molecule has 20 heavy (non-hydrogen) atoms. The van der Waals surface area contributed by atoms with E-state index < -0.39 is 0 Å². The molecule has 0 radical (unpaired) electrons. The number of benzene rings is 2. The number of hydrogen-bond donors (Lipinski definition) is 1. The molecule has 1 saturated carbocycles. The molecule has 0 amide bonds. The molecule has 0 spiro atoms. The molecule has 0 heterocycles. The van der Waals surface area contributed by atoms with Crippen molar-refractivity contribution in [3.8, 4) is 0 Å². The largest absolute Gasteiger partial charge is 0.327 e. The summed E-state index contributed by atoms with van der Waals surface area (Å²) >= 11 is 3.63. The van der Waals surface area contributed by atoms with Crippen LogP contribution >= 0.6 is 15.9 Å². The molecule has 0 bridgehead atoms. The van der Waals surface area contributed by atoms with Crippen molar-refractivity contribution in [1.29, 1.82) is 0 Å². The molecule has 2 N–H and O–H groups in total. The van der Waals surface area contributed by atoms with Crippen LogP contribution in [0.4, 0.5) is 0 Å². The molecule has 1 fully saturated rings. The van der Waals surface area contributed by atoms with Gasteiger partial charge in [-0.05, 0) is 36.5 Å². The fourth-order valence-corrected chi connectivity index (χ4v) is 3.74. The molecular formula is C18H20BrN. The first-order chi connectivity index (χ1) is 9.72. The predicted octanol–water partition coefficient (Wildman–Crippen LogP) is 4.44. The van der Waals surface area contributed by atoms with Gasteiger partial charge < -0.3 is 5.73 Å². The molecule has 3 rings (SSSR count). The fraction of sp³-hybridized carbons (Fsp3) is 0.333. The van der Waals surface area contributed by atoms with Gasteiger partial charge in [-0.1, -0.05) is 70.9 Å². The highest BCUT2D eigenvalue weighted by Gasteiger charge is 2.43. The average molecular weight is 330 g/mol.